The molecule has 0 aliphatic heterocycles. The summed E-state index contributed by atoms with van der Waals surface area (Å²) in [5, 5.41) is 4.19. The Kier molecular flexibility index (Phi) is 7.42. The van der Waals surface area contributed by atoms with Gasteiger partial charge in [-0.25, -0.2) is 15.0 Å². The molecule has 0 fully saturated rings. The molecule has 11 rings (SSSR count). The molecule has 8 aromatic carbocycles. The zero-order valence-electron chi connectivity index (χ0n) is 30.1. The summed E-state index contributed by atoms with van der Waals surface area (Å²) in [5.41, 5.74) is 12.4. The van der Waals surface area contributed by atoms with Crippen molar-refractivity contribution < 1.29 is 8.83 Å². The van der Waals surface area contributed by atoms with Gasteiger partial charge in [0.2, 0.25) is 0 Å². The van der Waals surface area contributed by atoms with E-state index in [4.69, 9.17) is 23.8 Å². The molecule has 0 N–H and O–H groups in total. The van der Waals surface area contributed by atoms with E-state index in [1.54, 1.807) is 0 Å². The molecule has 0 atom stereocenters. The van der Waals surface area contributed by atoms with Crippen molar-refractivity contribution in [2.24, 2.45) is 0 Å². The fourth-order valence-corrected chi connectivity index (χ4v) is 7.83. The molecular weight excluding hydrogens is 687 g/mol. The van der Waals surface area contributed by atoms with Crippen LogP contribution in [0.4, 0.5) is 0 Å². The number of benzene rings is 8. The van der Waals surface area contributed by atoms with Crippen LogP contribution in [0.25, 0.3) is 111 Å². The summed E-state index contributed by atoms with van der Waals surface area (Å²) in [4.78, 5) is 15.1. The maximum Gasteiger partial charge on any atom is 0.164 e. The van der Waals surface area contributed by atoms with Crippen molar-refractivity contribution in [2.75, 3.05) is 0 Å². The Balaban J connectivity index is 1.08. The lowest BCUT2D eigenvalue weighted by Gasteiger charge is -2.09. The molecule has 5 nitrogen and oxygen atoms in total. The van der Waals surface area contributed by atoms with E-state index < -0.39 is 0 Å². The minimum Gasteiger partial charge on any atom is -0.456 e. The predicted octanol–water partition coefficient (Wildman–Crippen LogP) is 13.7. The van der Waals surface area contributed by atoms with Crippen molar-refractivity contribution in [3.63, 3.8) is 0 Å². The Morgan fingerprint density at radius 1 is 0.286 bits per heavy atom. The van der Waals surface area contributed by atoms with Crippen molar-refractivity contribution in [2.45, 2.75) is 0 Å². The van der Waals surface area contributed by atoms with Gasteiger partial charge in [-0.1, -0.05) is 152 Å². The molecule has 0 bridgehead atoms. The Labute approximate surface area is 322 Å². The van der Waals surface area contributed by atoms with Gasteiger partial charge in [0.1, 0.15) is 22.3 Å². The van der Waals surface area contributed by atoms with Gasteiger partial charge >= 0.3 is 0 Å². The van der Waals surface area contributed by atoms with Crippen molar-refractivity contribution >= 4 is 43.9 Å². The zero-order valence-corrected chi connectivity index (χ0v) is 30.1. The summed E-state index contributed by atoms with van der Waals surface area (Å²) in [5.74, 6) is 1.79. The molecule has 0 radical (unpaired) electrons. The third-order valence-corrected chi connectivity index (χ3v) is 10.5. The Morgan fingerprint density at radius 2 is 0.839 bits per heavy atom. The van der Waals surface area contributed by atoms with Crippen LogP contribution in [0.2, 0.25) is 0 Å². The van der Waals surface area contributed by atoms with E-state index in [0.717, 1.165) is 93.9 Å². The van der Waals surface area contributed by atoms with Crippen LogP contribution in [0, 0.1) is 0 Å². The number of hydrogen-bond acceptors (Lipinski definition) is 5. The van der Waals surface area contributed by atoms with Gasteiger partial charge < -0.3 is 8.83 Å². The van der Waals surface area contributed by atoms with Crippen molar-refractivity contribution in [1.29, 1.82) is 0 Å². The van der Waals surface area contributed by atoms with Crippen LogP contribution in [0.5, 0.6) is 0 Å². The molecule has 3 heterocycles. The van der Waals surface area contributed by atoms with E-state index in [2.05, 4.69) is 133 Å². The normalized spacial score (nSPS) is 11.6. The molecule has 3 aromatic heterocycles. The number of aromatic nitrogens is 3. The molecule has 0 aliphatic rings. The SMILES string of the molecule is c1ccc(-c2cccc(-c3nc(-c4ccccc4)nc(-c4ccc5c(c4)oc4c(-c6cc(-c7ccccc7)cc7oc8ccccc8c67)cccc45)n3)c2)cc1. The predicted molar refractivity (Wildman–Crippen MR) is 227 cm³/mol. The maximum absolute atomic E-state index is 6.88. The lowest BCUT2D eigenvalue weighted by atomic mass is 9.93. The monoisotopic (exact) mass is 717 g/mol. The first-order valence-electron chi connectivity index (χ1n) is 18.7. The minimum absolute atomic E-state index is 0.573. The first-order chi connectivity index (χ1) is 27.7. The van der Waals surface area contributed by atoms with E-state index in [0.29, 0.717) is 17.5 Å². The highest BCUT2D eigenvalue weighted by atomic mass is 16.3. The van der Waals surface area contributed by atoms with Crippen molar-refractivity contribution in [3.8, 4) is 67.5 Å². The first-order valence-corrected chi connectivity index (χ1v) is 18.7. The van der Waals surface area contributed by atoms with Gasteiger partial charge in [0.05, 0.1) is 0 Å². The van der Waals surface area contributed by atoms with Crippen LogP contribution in [-0.2, 0) is 0 Å². The average Bonchev–Trinajstić information content (AvgIpc) is 3.85. The third kappa shape index (κ3) is 5.45. The highest BCUT2D eigenvalue weighted by Crippen LogP contribution is 2.44. The molecule has 0 saturated heterocycles. The second-order valence-electron chi connectivity index (χ2n) is 14.0. The maximum atomic E-state index is 6.88. The van der Waals surface area contributed by atoms with Gasteiger partial charge in [-0.2, -0.15) is 0 Å². The summed E-state index contributed by atoms with van der Waals surface area (Å²) in [6, 6.07) is 64.5. The van der Waals surface area contributed by atoms with Crippen LogP contribution in [-0.4, -0.2) is 15.0 Å². The molecule has 0 amide bonds. The Hall–Kier alpha value is -7.63. The van der Waals surface area contributed by atoms with Gasteiger partial charge in [0.15, 0.2) is 17.5 Å². The minimum atomic E-state index is 0.573. The van der Waals surface area contributed by atoms with Gasteiger partial charge in [0, 0.05) is 43.8 Å². The summed E-state index contributed by atoms with van der Waals surface area (Å²) in [6.45, 7) is 0. The summed E-state index contributed by atoms with van der Waals surface area (Å²) >= 11 is 0. The molecule has 0 aliphatic carbocycles. The van der Waals surface area contributed by atoms with Crippen LogP contribution in [0.1, 0.15) is 0 Å². The lowest BCUT2D eigenvalue weighted by Crippen LogP contribution is -2.00. The number of fused-ring (bicyclic) bond motifs is 6. The second kappa shape index (κ2) is 13.0. The molecule has 56 heavy (non-hydrogen) atoms. The highest BCUT2D eigenvalue weighted by molar-refractivity contribution is 6.18. The number of nitrogens with zero attached hydrogens (tertiary/aromatic N) is 3. The summed E-state index contributed by atoms with van der Waals surface area (Å²) in [6.07, 6.45) is 0. The fourth-order valence-electron chi connectivity index (χ4n) is 7.83. The quantitative estimate of drug-likeness (QED) is 0.171. The summed E-state index contributed by atoms with van der Waals surface area (Å²) < 4.78 is 13.4. The van der Waals surface area contributed by atoms with Gasteiger partial charge in [0.25, 0.3) is 0 Å². The third-order valence-electron chi connectivity index (χ3n) is 10.5. The molecule has 0 unspecified atom stereocenters. The van der Waals surface area contributed by atoms with E-state index in [-0.39, 0.29) is 0 Å². The van der Waals surface area contributed by atoms with E-state index >= 15 is 0 Å². The van der Waals surface area contributed by atoms with Crippen LogP contribution >= 0.6 is 0 Å². The van der Waals surface area contributed by atoms with Crippen LogP contribution < -0.4 is 0 Å². The van der Waals surface area contributed by atoms with Gasteiger partial charge in [-0.15, -0.1) is 0 Å². The van der Waals surface area contributed by atoms with Crippen molar-refractivity contribution in [1.82, 2.24) is 15.0 Å². The summed E-state index contributed by atoms with van der Waals surface area (Å²) in [7, 11) is 0. The second-order valence-corrected chi connectivity index (χ2v) is 14.0. The van der Waals surface area contributed by atoms with Gasteiger partial charge in [-0.05, 0) is 64.2 Å². The standard InChI is InChI=1S/C51H31N3O2/c1-4-14-32(15-5-1)35-20-12-21-36(28-35)50-52-49(34-18-8-3-9-19-34)53-51(54-50)37-26-27-39-40-23-13-24-41(48(40)56-45(39)30-37)43-29-38(33-16-6-2-7-17-33)31-46-47(43)42-22-10-11-25-44(42)55-46/h1-31H. The Bertz CT molecular complexity index is 3240. The number of furan rings is 2. The van der Waals surface area contributed by atoms with Crippen LogP contribution in [0.15, 0.2) is 197 Å². The van der Waals surface area contributed by atoms with E-state index in [1.807, 2.05) is 54.6 Å². The smallest absolute Gasteiger partial charge is 0.164 e. The van der Waals surface area contributed by atoms with Gasteiger partial charge in [-0.3, -0.25) is 0 Å². The number of hydrogen-bond donors (Lipinski definition) is 0. The largest absolute Gasteiger partial charge is 0.456 e. The number of rotatable bonds is 6. The molecule has 5 heteroatoms. The molecular formula is C51H31N3O2. The first kappa shape index (κ1) is 31.9. The molecule has 11 aromatic rings. The average molecular weight is 718 g/mol. The molecule has 0 spiro atoms. The zero-order chi connectivity index (χ0) is 37.0. The number of para-hydroxylation sites is 2. The molecule has 0 saturated carbocycles. The fraction of sp³-hybridized carbons (Fsp3) is 0. The highest BCUT2D eigenvalue weighted by Gasteiger charge is 2.20. The van der Waals surface area contributed by atoms with Crippen molar-refractivity contribution in [3.05, 3.63) is 188 Å². The van der Waals surface area contributed by atoms with E-state index in [9.17, 15) is 0 Å². The lowest BCUT2D eigenvalue weighted by molar-refractivity contribution is 0.669. The Morgan fingerprint density at radius 3 is 1.59 bits per heavy atom. The topological polar surface area (TPSA) is 65.0 Å². The molecule has 262 valence electrons. The van der Waals surface area contributed by atoms with E-state index in [1.165, 1.54) is 0 Å². The van der Waals surface area contributed by atoms with Crippen LogP contribution in [0.3, 0.4) is 0 Å².